The lowest BCUT2D eigenvalue weighted by molar-refractivity contribution is 0.0941. The molecule has 1 aliphatic rings. The molecule has 0 spiro atoms. The van der Waals surface area contributed by atoms with E-state index >= 15 is 0 Å². The maximum atomic E-state index is 13.4. The normalized spacial score (nSPS) is 19.8. The Hall–Kier alpha value is -2.22. The number of amides is 1. The van der Waals surface area contributed by atoms with Crippen molar-refractivity contribution in [3.63, 3.8) is 0 Å². The van der Waals surface area contributed by atoms with E-state index in [4.69, 9.17) is 0 Å². The summed E-state index contributed by atoms with van der Waals surface area (Å²) >= 11 is 0. The fourth-order valence-corrected chi connectivity index (χ4v) is 4.49. The monoisotopic (exact) mass is 338 g/mol. The Balaban J connectivity index is 1.96. The van der Waals surface area contributed by atoms with E-state index in [9.17, 15) is 22.4 Å². The molecule has 122 valence electrons. The SMILES string of the molecule is CC(=O)n1cc(C(=O)NC2CCS(=O)(=O)C2)c2ccc(F)cc21. The average molecular weight is 338 g/mol. The highest BCUT2D eigenvalue weighted by Gasteiger charge is 2.30. The van der Waals surface area contributed by atoms with Gasteiger partial charge in [-0.1, -0.05) is 0 Å². The van der Waals surface area contributed by atoms with Gasteiger partial charge in [-0.05, 0) is 24.6 Å². The zero-order valence-electron chi connectivity index (χ0n) is 12.4. The molecule has 1 saturated heterocycles. The Kier molecular flexibility index (Phi) is 3.71. The molecule has 1 N–H and O–H groups in total. The number of nitrogens with zero attached hydrogens (tertiary/aromatic N) is 1. The molecule has 8 heteroatoms. The summed E-state index contributed by atoms with van der Waals surface area (Å²) < 4.78 is 37.5. The summed E-state index contributed by atoms with van der Waals surface area (Å²) in [5.41, 5.74) is 0.529. The molecule has 23 heavy (non-hydrogen) atoms. The Morgan fingerprint density at radius 2 is 2.09 bits per heavy atom. The van der Waals surface area contributed by atoms with Crippen LogP contribution in [0.2, 0.25) is 0 Å². The summed E-state index contributed by atoms with van der Waals surface area (Å²) in [7, 11) is -3.10. The molecule has 2 aromatic rings. The standard InChI is InChI=1S/C15H15FN2O4S/c1-9(19)18-7-13(12-3-2-10(16)6-14(12)18)15(20)17-11-4-5-23(21,22)8-11/h2-3,6-7,11H,4-5,8H2,1H3,(H,17,20). The third-order valence-corrected chi connectivity index (χ3v) is 5.69. The number of benzene rings is 1. The highest BCUT2D eigenvalue weighted by atomic mass is 32.2. The number of nitrogens with one attached hydrogen (secondary N) is 1. The van der Waals surface area contributed by atoms with Crippen LogP contribution in [0.5, 0.6) is 0 Å². The lowest BCUT2D eigenvalue weighted by atomic mass is 10.1. The van der Waals surface area contributed by atoms with Crippen molar-refractivity contribution in [1.29, 1.82) is 0 Å². The van der Waals surface area contributed by atoms with Gasteiger partial charge < -0.3 is 5.32 Å². The first-order valence-corrected chi connectivity index (χ1v) is 8.92. The largest absolute Gasteiger partial charge is 0.348 e. The third-order valence-electron chi connectivity index (χ3n) is 3.92. The molecule has 1 amide bonds. The minimum atomic E-state index is -3.10. The number of carbonyl (C=O) groups is 2. The molecule has 1 aromatic heterocycles. The second-order valence-corrected chi connectivity index (χ2v) is 7.90. The second-order valence-electron chi connectivity index (χ2n) is 5.67. The van der Waals surface area contributed by atoms with Crippen LogP contribution in [-0.4, -0.2) is 42.3 Å². The summed E-state index contributed by atoms with van der Waals surface area (Å²) in [6.07, 6.45) is 1.72. The predicted octanol–water partition coefficient (Wildman–Crippen LogP) is 1.36. The number of carbonyl (C=O) groups excluding carboxylic acids is 2. The van der Waals surface area contributed by atoms with Gasteiger partial charge in [0.25, 0.3) is 5.91 Å². The molecule has 3 rings (SSSR count). The van der Waals surface area contributed by atoms with Crippen molar-refractivity contribution >= 4 is 32.6 Å². The summed E-state index contributed by atoms with van der Waals surface area (Å²) in [4.78, 5) is 24.1. The summed E-state index contributed by atoms with van der Waals surface area (Å²) in [6.45, 7) is 1.32. The molecule has 0 bridgehead atoms. The first-order chi connectivity index (χ1) is 10.8. The Morgan fingerprint density at radius 3 is 2.70 bits per heavy atom. The molecule has 1 aliphatic heterocycles. The zero-order chi connectivity index (χ0) is 16.8. The Bertz CT molecular complexity index is 917. The highest BCUT2D eigenvalue weighted by Crippen LogP contribution is 2.23. The van der Waals surface area contributed by atoms with Crippen LogP contribution in [0.4, 0.5) is 4.39 Å². The lowest BCUT2D eigenvalue weighted by Crippen LogP contribution is -2.35. The van der Waals surface area contributed by atoms with E-state index in [1.165, 1.54) is 35.9 Å². The van der Waals surface area contributed by atoms with Gasteiger partial charge in [0.2, 0.25) is 5.91 Å². The van der Waals surface area contributed by atoms with E-state index < -0.39 is 27.6 Å². The van der Waals surface area contributed by atoms with E-state index in [2.05, 4.69) is 5.32 Å². The van der Waals surface area contributed by atoms with Gasteiger partial charge in [0.15, 0.2) is 9.84 Å². The third kappa shape index (κ3) is 2.98. The van der Waals surface area contributed by atoms with Crippen molar-refractivity contribution in [2.75, 3.05) is 11.5 Å². The highest BCUT2D eigenvalue weighted by molar-refractivity contribution is 7.91. The van der Waals surface area contributed by atoms with E-state index in [1.54, 1.807) is 0 Å². The topological polar surface area (TPSA) is 85.2 Å². The van der Waals surface area contributed by atoms with Crippen molar-refractivity contribution in [2.24, 2.45) is 0 Å². The van der Waals surface area contributed by atoms with Gasteiger partial charge in [0, 0.05) is 24.5 Å². The minimum Gasteiger partial charge on any atom is -0.348 e. The minimum absolute atomic E-state index is 0.0539. The van der Waals surface area contributed by atoms with Crippen molar-refractivity contribution in [1.82, 2.24) is 9.88 Å². The van der Waals surface area contributed by atoms with Crippen LogP contribution in [0.1, 0.15) is 28.5 Å². The maximum absolute atomic E-state index is 13.4. The first kappa shape index (κ1) is 15.7. The van der Waals surface area contributed by atoms with Gasteiger partial charge in [-0.25, -0.2) is 12.8 Å². The molecule has 0 saturated carbocycles. The average Bonchev–Trinajstić information content (AvgIpc) is 2.98. The molecular formula is C15H15FN2O4S. The molecule has 6 nitrogen and oxygen atoms in total. The summed E-state index contributed by atoms with van der Waals surface area (Å²) in [5.74, 6) is -1.35. The van der Waals surface area contributed by atoms with Crippen LogP contribution < -0.4 is 5.32 Å². The molecule has 1 aromatic carbocycles. The molecule has 1 atom stereocenters. The number of aromatic nitrogens is 1. The number of hydrogen-bond donors (Lipinski definition) is 1. The van der Waals surface area contributed by atoms with Crippen LogP contribution >= 0.6 is 0 Å². The second kappa shape index (κ2) is 5.45. The molecular weight excluding hydrogens is 323 g/mol. The lowest BCUT2D eigenvalue weighted by Gasteiger charge is -2.09. The quantitative estimate of drug-likeness (QED) is 0.896. The number of halogens is 1. The predicted molar refractivity (Wildman–Crippen MR) is 82.7 cm³/mol. The Morgan fingerprint density at radius 1 is 1.35 bits per heavy atom. The van der Waals surface area contributed by atoms with Gasteiger partial charge >= 0.3 is 0 Å². The fourth-order valence-electron chi connectivity index (χ4n) is 2.81. The maximum Gasteiger partial charge on any atom is 0.253 e. The van der Waals surface area contributed by atoms with E-state index in [0.29, 0.717) is 17.3 Å². The van der Waals surface area contributed by atoms with E-state index in [0.717, 1.165) is 0 Å². The number of rotatable bonds is 2. The van der Waals surface area contributed by atoms with Gasteiger partial charge in [0.05, 0.1) is 22.6 Å². The molecule has 0 radical (unpaired) electrons. The number of sulfone groups is 1. The van der Waals surface area contributed by atoms with Crippen LogP contribution in [0.25, 0.3) is 10.9 Å². The summed E-state index contributed by atoms with van der Waals surface area (Å²) in [5, 5.41) is 3.12. The van der Waals surface area contributed by atoms with Gasteiger partial charge in [0.1, 0.15) is 5.82 Å². The van der Waals surface area contributed by atoms with Crippen LogP contribution in [0.3, 0.4) is 0 Å². The molecule has 1 fully saturated rings. The Labute approximate surface area is 132 Å². The van der Waals surface area contributed by atoms with Gasteiger partial charge in [-0.3, -0.25) is 14.2 Å². The van der Waals surface area contributed by atoms with Crippen molar-refractivity contribution in [3.05, 3.63) is 35.8 Å². The van der Waals surface area contributed by atoms with Crippen molar-refractivity contribution in [2.45, 2.75) is 19.4 Å². The number of fused-ring (bicyclic) bond motifs is 1. The van der Waals surface area contributed by atoms with Crippen LogP contribution in [0.15, 0.2) is 24.4 Å². The van der Waals surface area contributed by atoms with Crippen molar-refractivity contribution in [3.8, 4) is 0 Å². The van der Waals surface area contributed by atoms with Crippen LogP contribution in [-0.2, 0) is 9.84 Å². The van der Waals surface area contributed by atoms with Crippen molar-refractivity contribution < 1.29 is 22.4 Å². The fraction of sp³-hybridized carbons (Fsp3) is 0.333. The first-order valence-electron chi connectivity index (χ1n) is 7.10. The van der Waals surface area contributed by atoms with Crippen LogP contribution in [0, 0.1) is 5.82 Å². The van der Waals surface area contributed by atoms with E-state index in [-0.39, 0.29) is 23.0 Å². The van der Waals surface area contributed by atoms with Gasteiger partial charge in [-0.2, -0.15) is 0 Å². The van der Waals surface area contributed by atoms with E-state index in [1.807, 2.05) is 0 Å². The molecule has 2 heterocycles. The zero-order valence-corrected chi connectivity index (χ0v) is 13.2. The molecule has 1 unspecified atom stereocenters. The smallest absolute Gasteiger partial charge is 0.253 e. The number of hydrogen-bond acceptors (Lipinski definition) is 4. The molecule has 0 aliphatic carbocycles. The summed E-state index contributed by atoms with van der Waals surface area (Å²) in [6, 6.07) is 3.39. The van der Waals surface area contributed by atoms with Gasteiger partial charge in [-0.15, -0.1) is 0 Å².